The molecule has 1 aromatic carbocycles. The van der Waals surface area contributed by atoms with E-state index < -0.39 is 0 Å². The fourth-order valence-corrected chi connectivity index (χ4v) is 3.21. The molecule has 1 aliphatic rings. The van der Waals surface area contributed by atoms with Gasteiger partial charge in [-0.25, -0.2) is 0 Å². The van der Waals surface area contributed by atoms with Crippen molar-refractivity contribution >= 4 is 15.9 Å². The molecule has 0 N–H and O–H groups in total. The molecule has 0 bridgehead atoms. The maximum atomic E-state index is 6.05. The van der Waals surface area contributed by atoms with Crippen LogP contribution in [0.2, 0.25) is 0 Å². The molecular formula is C14H19BrO. The summed E-state index contributed by atoms with van der Waals surface area (Å²) in [6.45, 7) is 6.54. The predicted octanol–water partition coefficient (Wildman–Crippen LogP) is 4.23. The molecule has 0 unspecified atom stereocenters. The fraction of sp³-hybridized carbons (Fsp3) is 0.571. The van der Waals surface area contributed by atoms with Gasteiger partial charge in [-0.05, 0) is 50.3 Å². The van der Waals surface area contributed by atoms with E-state index in [1.807, 2.05) is 0 Å². The van der Waals surface area contributed by atoms with Crippen LogP contribution in [0.25, 0.3) is 0 Å². The molecule has 2 atom stereocenters. The average Bonchev–Trinajstić information content (AvgIpc) is 2.64. The molecule has 0 radical (unpaired) electrons. The van der Waals surface area contributed by atoms with Crippen LogP contribution in [0.15, 0.2) is 12.1 Å². The second-order valence-electron chi connectivity index (χ2n) is 4.79. The summed E-state index contributed by atoms with van der Waals surface area (Å²) in [6, 6.07) is 4.51. The minimum absolute atomic E-state index is 0.308. The van der Waals surface area contributed by atoms with Gasteiger partial charge in [-0.2, -0.15) is 0 Å². The molecule has 1 aromatic rings. The zero-order valence-electron chi connectivity index (χ0n) is 10.2. The average molecular weight is 283 g/mol. The van der Waals surface area contributed by atoms with Crippen LogP contribution in [0.3, 0.4) is 0 Å². The summed E-state index contributed by atoms with van der Waals surface area (Å²) in [4.78, 5) is 0. The zero-order valence-corrected chi connectivity index (χ0v) is 11.8. The van der Waals surface area contributed by atoms with Crippen molar-refractivity contribution in [1.82, 2.24) is 0 Å². The number of aryl methyl sites for hydroxylation is 3. The minimum Gasteiger partial charge on any atom is -0.369 e. The molecule has 1 heterocycles. The van der Waals surface area contributed by atoms with Gasteiger partial charge in [0.15, 0.2) is 0 Å². The van der Waals surface area contributed by atoms with Crippen LogP contribution in [-0.4, -0.2) is 11.4 Å². The Morgan fingerprint density at radius 1 is 1.19 bits per heavy atom. The molecule has 1 nitrogen and oxygen atoms in total. The van der Waals surface area contributed by atoms with Gasteiger partial charge in [0.1, 0.15) is 0 Å². The zero-order chi connectivity index (χ0) is 11.7. The van der Waals surface area contributed by atoms with E-state index in [9.17, 15) is 0 Å². The van der Waals surface area contributed by atoms with E-state index in [-0.39, 0.29) is 0 Å². The molecule has 2 heteroatoms. The van der Waals surface area contributed by atoms with Crippen LogP contribution >= 0.6 is 15.9 Å². The third kappa shape index (κ3) is 2.33. The van der Waals surface area contributed by atoms with E-state index in [1.54, 1.807) is 0 Å². The Morgan fingerprint density at radius 3 is 2.31 bits per heavy atom. The van der Waals surface area contributed by atoms with E-state index in [0.717, 1.165) is 11.8 Å². The van der Waals surface area contributed by atoms with E-state index in [1.165, 1.54) is 28.7 Å². The van der Waals surface area contributed by atoms with Crippen molar-refractivity contribution in [3.63, 3.8) is 0 Å². The quantitative estimate of drug-likeness (QED) is 0.738. The van der Waals surface area contributed by atoms with Gasteiger partial charge in [0.2, 0.25) is 0 Å². The molecule has 0 saturated carbocycles. The second-order valence-corrected chi connectivity index (χ2v) is 5.44. The van der Waals surface area contributed by atoms with Crippen LogP contribution in [0.4, 0.5) is 0 Å². The van der Waals surface area contributed by atoms with E-state index >= 15 is 0 Å². The van der Waals surface area contributed by atoms with Crippen LogP contribution in [-0.2, 0) is 4.74 Å². The van der Waals surface area contributed by atoms with Gasteiger partial charge in [-0.3, -0.25) is 0 Å². The van der Waals surface area contributed by atoms with E-state index in [0.29, 0.717) is 12.2 Å². The van der Waals surface area contributed by atoms with Crippen molar-refractivity contribution in [3.8, 4) is 0 Å². The molecule has 88 valence electrons. The standard InChI is InChI=1S/C14H19BrO/c1-9-6-10(2)14(11(3)7-9)13-5-4-12(8-15)16-13/h6-7,12-13H,4-5,8H2,1-3H3/t12-,13-/m1/s1. The minimum atomic E-state index is 0.308. The number of alkyl halides is 1. The summed E-state index contributed by atoms with van der Waals surface area (Å²) in [7, 11) is 0. The predicted molar refractivity (Wildman–Crippen MR) is 71.3 cm³/mol. The molecule has 0 aliphatic carbocycles. The Hall–Kier alpha value is -0.340. The van der Waals surface area contributed by atoms with Crippen molar-refractivity contribution in [3.05, 3.63) is 34.4 Å². The SMILES string of the molecule is Cc1cc(C)c([C@H]2CC[C@H](CBr)O2)c(C)c1. The Kier molecular flexibility index (Phi) is 3.70. The normalized spacial score (nSPS) is 25.0. The number of hydrogen-bond acceptors (Lipinski definition) is 1. The Morgan fingerprint density at radius 2 is 1.81 bits per heavy atom. The Balaban J connectivity index is 2.28. The van der Waals surface area contributed by atoms with Gasteiger partial charge in [-0.1, -0.05) is 33.6 Å². The molecule has 1 saturated heterocycles. The summed E-state index contributed by atoms with van der Waals surface area (Å²) < 4.78 is 6.05. The van der Waals surface area contributed by atoms with Gasteiger partial charge in [0.05, 0.1) is 12.2 Å². The maximum Gasteiger partial charge on any atom is 0.0835 e. The molecule has 1 aliphatic heterocycles. The monoisotopic (exact) mass is 282 g/mol. The summed E-state index contributed by atoms with van der Waals surface area (Å²) in [5.74, 6) is 0. The molecule has 16 heavy (non-hydrogen) atoms. The fourth-order valence-electron chi connectivity index (χ4n) is 2.73. The van der Waals surface area contributed by atoms with Crippen molar-refractivity contribution in [2.45, 2.75) is 45.8 Å². The first-order valence-electron chi connectivity index (χ1n) is 5.91. The highest BCUT2D eigenvalue weighted by Crippen LogP contribution is 2.36. The second kappa shape index (κ2) is 4.89. The van der Waals surface area contributed by atoms with Gasteiger partial charge >= 0.3 is 0 Å². The summed E-state index contributed by atoms with van der Waals surface area (Å²) >= 11 is 3.50. The maximum absolute atomic E-state index is 6.05. The molecule has 0 aromatic heterocycles. The molecule has 0 spiro atoms. The first-order valence-corrected chi connectivity index (χ1v) is 7.03. The summed E-state index contributed by atoms with van der Waals surface area (Å²) in [5.41, 5.74) is 5.50. The van der Waals surface area contributed by atoms with Crippen LogP contribution in [0.1, 0.15) is 41.2 Å². The lowest BCUT2D eigenvalue weighted by atomic mass is 9.94. The Bertz CT molecular complexity index is 363. The highest BCUT2D eigenvalue weighted by Gasteiger charge is 2.27. The first kappa shape index (κ1) is 12.1. The molecule has 2 rings (SSSR count). The number of halogens is 1. The van der Waals surface area contributed by atoms with Crippen molar-refractivity contribution in [2.75, 3.05) is 5.33 Å². The molecule has 1 fully saturated rings. The Labute approximate surface area is 106 Å². The third-order valence-electron chi connectivity index (χ3n) is 3.34. The lowest BCUT2D eigenvalue weighted by molar-refractivity contribution is 0.0581. The lowest BCUT2D eigenvalue weighted by Gasteiger charge is -2.18. The highest BCUT2D eigenvalue weighted by atomic mass is 79.9. The molecular weight excluding hydrogens is 264 g/mol. The highest BCUT2D eigenvalue weighted by molar-refractivity contribution is 9.09. The van der Waals surface area contributed by atoms with Crippen molar-refractivity contribution in [1.29, 1.82) is 0 Å². The largest absolute Gasteiger partial charge is 0.369 e. The smallest absolute Gasteiger partial charge is 0.0835 e. The number of benzene rings is 1. The number of hydrogen-bond donors (Lipinski definition) is 0. The third-order valence-corrected chi connectivity index (χ3v) is 4.06. The van der Waals surface area contributed by atoms with Crippen LogP contribution in [0, 0.1) is 20.8 Å². The van der Waals surface area contributed by atoms with Crippen LogP contribution < -0.4 is 0 Å². The van der Waals surface area contributed by atoms with Gasteiger partial charge in [-0.15, -0.1) is 0 Å². The molecule has 0 amide bonds. The van der Waals surface area contributed by atoms with Gasteiger partial charge in [0.25, 0.3) is 0 Å². The van der Waals surface area contributed by atoms with E-state index in [4.69, 9.17) is 4.74 Å². The van der Waals surface area contributed by atoms with Crippen molar-refractivity contribution < 1.29 is 4.74 Å². The van der Waals surface area contributed by atoms with Gasteiger partial charge in [0, 0.05) is 5.33 Å². The summed E-state index contributed by atoms with van der Waals surface area (Å²) in [5, 5.41) is 0.952. The van der Waals surface area contributed by atoms with Crippen LogP contribution in [0.5, 0.6) is 0 Å². The van der Waals surface area contributed by atoms with Gasteiger partial charge < -0.3 is 4.74 Å². The summed E-state index contributed by atoms with van der Waals surface area (Å²) in [6.07, 6.45) is 3.03. The van der Waals surface area contributed by atoms with E-state index in [2.05, 4.69) is 48.8 Å². The lowest BCUT2D eigenvalue weighted by Crippen LogP contribution is -2.09. The van der Waals surface area contributed by atoms with Crippen molar-refractivity contribution in [2.24, 2.45) is 0 Å². The first-order chi connectivity index (χ1) is 7.61. The number of rotatable bonds is 2. The topological polar surface area (TPSA) is 9.23 Å². The number of ether oxygens (including phenoxy) is 1.